The van der Waals surface area contributed by atoms with Crippen LogP contribution in [0.15, 0.2) is 24.3 Å². The van der Waals surface area contributed by atoms with Gasteiger partial charge in [-0.25, -0.2) is 0 Å². The summed E-state index contributed by atoms with van der Waals surface area (Å²) in [7, 11) is 2.07. The van der Waals surface area contributed by atoms with Gasteiger partial charge in [0.05, 0.1) is 42.9 Å². The molecule has 1 amide bonds. The van der Waals surface area contributed by atoms with Crippen molar-refractivity contribution in [3.63, 3.8) is 0 Å². The van der Waals surface area contributed by atoms with Crippen LogP contribution in [0.2, 0.25) is 0 Å². The number of nitriles is 1. The molecule has 0 radical (unpaired) electrons. The van der Waals surface area contributed by atoms with Crippen LogP contribution >= 0.6 is 0 Å². The maximum absolute atomic E-state index is 13.8. The van der Waals surface area contributed by atoms with Gasteiger partial charge in [0.15, 0.2) is 0 Å². The number of ether oxygens (including phenoxy) is 1. The first-order chi connectivity index (χ1) is 19.7. The number of nitrogens with zero attached hydrogens (tertiary/aromatic N) is 7. The summed E-state index contributed by atoms with van der Waals surface area (Å²) in [6.07, 6.45) is -2.42. The number of para-hydroxylation sites is 1. The summed E-state index contributed by atoms with van der Waals surface area (Å²) in [5.74, 6) is 1.05. The highest BCUT2D eigenvalue weighted by atomic mass is 19.4. The maximum atomic E-state index is 13.8. The van der Waals surface area contributed by atoms with Crippen molar-refractivity contribution in [2.24, 2.45) is 5.92 Å². The molecule has 2 fully saturated rings. The molecule has 0 aliphatic carbocycles. The molecule has 5 rings (SSSR count). The fourth-order valence-corrected chi connectivity index (χ4v) is 6.12. The molecule has 4 heterocycles. The Hall–Kier alpha value is -3.59. The number of carbonyl (C=O) groups excluding carboxylic acids is 1. The van der Waals surface area contributed by atoms with Crippen LogP contribution in [0.4, 0.5) is 24.7 Å². The van der Waals surface area contributed by atoms with E-state index in [1.165, 1.54) is 12.1 Å². The summed E-state index contributed by atoms with van der Waals surface area (Å²) in [6.45, 7) is 6.19. The van der Waals surface area contributed by atoms with Crippen molar-refractivity contribution in [2.75, 3.05) is 62.7 Å². The highest BCUT2D eigenvalue weighted by Crippen LogP contribution is 2.39. The minimum absolute atomic E-state index is 0.0131. The number of rotatable bonds is 7. The van der Waals surface area contributed by atoms with Crippen molar-refractivity contribution >= 4 is 17.4 Å². The second-order valence-corrected chi connectivity index (χ2v) is 11.1. The van der Waals surface area contributed by atoms with Gasteiger partial charge in [-0.2, -0.15) is 28.4 Å². The number of likely N-dealkylation sites (tertiary alicyclic amines) is 1. The summed E-state index contributed by atoms with van der Waals surface area (Å²) < 4.78 is 47.6. The number of hydrogen-bond donors (Lipinski definition) is 0. The number of alkyl halides is 3. The average molecular weight is 572 g/mol. The van der Waals surface area contributed by atoms with E-state index in [4.69, 9.17) is 14.7 Å². The second-order valence-electron chi connectivity index (χ2n) is 11.1. The van der Waals surface area contributed by atoms with Crippen LogP contribution in [0.5, 0.6) is 6.01 Å². The predicted octanol–water partition coefficient (Wildman–Crippen LogP) is 3.73. The Balaban J connectivity index is 1.46. The third-order valence-electron chi connectivity index (χ3n) is 8.24. The molecule has 2 atom stereocenters. The van der Waals surface area contributed by atoms with Crippen LogP contribution in [0.25, 0.3) is 0 Å². The molecule has 1 unspecified atom stereocenters. The standard InChI is InChI=1S/C29H36F3N7O2/c1-3-26(40)39-15-14-38(17-21(39)8-11-33)27-22-10-13-37(25-7-5-4-6-23(25)29(30,31)32)18-24(22)34-28(35-27)41-19-20-9-12-36(2)16-20/h4-7,20-21H,3,8-10,12-19H2,1-2H3/t20-,21?/m1/s1. The largest absolute Gasteiger partial charge is 0.463 e. The van der Waals surface area contributed by atoms with Gasteiger partial charge in [-0.05, 0) is 38.6 Å². The lowest BCUT2D eigenvalue weighted by Gasteiger charge is -2.42. The first kappa shape index (κ1) is 28.9. The van der Waals surface area contributed by atoms with E-state index >= 15 is 0 Å². The monoisotopic (exact) mass is 571 g/mol. The zero-order valence-corrected chi connectivity index (χ0v) is 23.5. The Kier molecular flexibility index (Phi) is 8.54. The van der Waals surface area contributed by atoms with Crippen LogP contribution in [0.1, 0.15) is 43.0 Å². The Morgan fingerprint density at radius 3 is 2.63 bits per heavy atom. The first-order valence-electron chi connectivity index (χ1n) is 14.2. The van der Waals surface area contributed by atoms with Gasteiger partial charge in [0.1, 0.15) is 5.82 Å². The average Bonchev–Trinajstić information content (AvgIpc) is 3.39. The van der Waals surface area contributed by atoms with E-state index in [9.17, 15) is 23.2 Å². The van der Waals surface area contributed by atoms with Gasteiger partial charge in [-0.3, -0.25) is 4.79 Å². The zero-order valence-electron chi connectivity index (χ0n) is 23.5. The maximum Gasteiger partial charge on any atom is 0.418 e. The molecule has 3 aliphatic heterocycles. The molecule has 12 heteroatoms. The number of halogens is 3. The Labute approximate surface area is 238 Å². The highest BCUT2D eigenvalue weighted by Gasteiger charge is 2.37. The molecule has 1 aromatic carbocycles. The van der Waals surface area contributed by atoms with Crippen molar-refractivity contribution in [3.8, 4) is 12.1 Å². The quantitative estimate of drug-likeness (QED) is 0.497. The van der Waals surface area contributed by atoms with E-state index < -0.39 is 11.7 Å². The van der Waals surface area contributed by atoms with Crippen LogP contribution in [-0.2, 0) is 23.9 Å². The van der Waals surface area contributed by atoms with Gasteiger partial charge >= 0.3 is 12.2 Å². The highest BCUT2D eigenvalue weighted by molar-refractivity contribution is 5.76. The van der Waals surface area contributed by atoms with E-state index in [1.807, 2.05) is 6.92 Å². The molecule has 0 bridgehead atoms. The Morgan fingerprint density at radius 2 is 1.93 bits per heavy atom. The first-order valence-corrected chi connectivity index (χ1v) is 14.2. The molecule has 0 spiro atoms. The zero-order chi connectivity index (χ0) is 29.1. The normalized spacial score (nSPS) is 21.5. The lowest BCUT2D eigenvalue weighted by Crippen LogP contribution is -2.55. The molecule has 2 saturated heterocycles. The molecule has 2 aromatic rings. The molecule has 3 aliphatic rings. The van der Waals surface area contributed by atoms with Crippen molar-refractivity contribution in [3.05, 3.63) is 41.1 Å². The molecule has 9 nitrogen and oxygen atoms in total. The third-order valence-corrected chi connectivity index (χ3v) is 8.24. The van der Waals surface area contributed by atoms with Gasteiger partial charge in [0.25, 0.3) is 0 Å². The lowest BCUT2D eigenvalue weighted by atomic mass is 10.0. The fourth-order valence-electron chi connectivity index (χ4n) is 6.12. The molecule has 220 valence electrons. The summed E-state index contributed by atoms with van der Waals surface area (Å²) in [5.41, 5.74) is 0.976. The summed E-state index contributed by atoms with van der Waals surface area (Å²) in [6, 6.07) is 7.77. The van der Waals surface area contributed by atoms with E-state index in [2.05, 4.69) is 22.9 Å². The fraction of sp³-hybridized carbons (Fsp3) is 0.586. The lowest BCUT2D eigenvalue weighted by molar-refractivity contribution is -0.137. The van der Waals surface area contributed by atoms with Gasteiger partial charge in [0.2, 0.25) is 5.91 Å². The number of fused-ring (bicyclic) bond motifs is 1. The van der Waals surface area contributed by atoms with E-state index in [1.54, 1.807) is 15.9 Å². The number of hydrogen-bond acceptors (Lipinski definition) is 8. The van der Waals surface area contributed by atoms with Crippen molar-refractivity contribution < 1.29 is 22.7 Å². The van der Waals surface area contributed by atoms with Crippen LogP contribution in [0.3, 0.4) is 0 Å². The number of amides is 1. The molecular weight excluding hydrogens is 535 g/mol. The van der Waals surface area contributed by atoms with Crippen LogP contribution in [-0.4, -0.2) is 84.6 Å². The SMILES string of the molecule is CCC(=O)N1CCN(c2nc(OC[C@@H]3CCN(C)C3)nc3c2CCN(c2ccccc2C(F)(F)F)C3)CC1CC#N. The van der Waals surface area contributed by atoms with Crippen molar-refractivity contribution in [1.29, 1.82) is 5.26 Å². The van der Waals surface area contributed by atoms with E-state index in [0.29, 0.717) is 63.1 Å². The third kappa shape index (κ3) is 6.35. The van der Waals surface area contributed by atoms with E-state index in [-0.39, 0.29) is 36.6 Å². The molecular formula is C29H36F3N7O2. The van der Waals surface area contributed by atoms with Crippen LogP contribution < -0.4 is 14.5 Å². The number of anilines is 2. The number of piperazine rings is 1. The number of carbonyl (C=O) groups is 1. The van der Waals surface area contributed by atoms with E-state index in [0.717, 1.165) is 31.1 Å². The minimum Gasteiger partial charge on any atom is -0.463 e. The minimum atomic E-state index is -4.47. The molecule has 0 N–H and O–H groups in total. The number of aromatic nitrogens is 2. The molecule has 0 saturated carbocycles. The topological polar surface area (TPSA) is 88.8 Å². The smallest absolute Gasteiger partial charge is 0.418 e. The van der Waals surface area contributed by atoms with Gasteiger partial charge < -0.3 is 24.3 Å². The molecule has 41 heavy (non-hydrogen) atoms. The summed E-state index contributed by atoms with van der Waals surface area (Å²) >= 11 is 0. The summed E-state index contributed by atoms with van der Waals surface area (Å²) in [5, 5.41) is 9.45. The second kappa shape index (κ2) is 12.1. The van der Waals surface area contributed by atoms with Crippen molar-refractivity contribution in [2.45, 2.75) is 51.4 Å². The van der Waals surface area contributed by atoms with Gasteiger partial charge in [-0.1, -0.05) is 19.1 Å². The molecule has 1 aromatic heterocycles. The number of benzene rings is 1. The Bertz CT molecular complexity index is 1300. The summed E-state index contributed by atoms with van der Waals surface area (Å²) in [4.78, 5) is 29.9. The predicted molar refractivity (Wildman–Crippen MR) is 148 cm³/mol. The van der Waals surface area contributed by atoms with Crippen molar-refractivity contribution in [1.82, 2.24) is 19.8 Å². The Morgan fingerprint density at radius 1 is 1.12 bits per heavy atom. The van der Waals surface area contributed by atoms with Crippen LogP contribution in [0, 0.1) is 17.2 Å². The van der Waals surface area contributed by atoms with Gasteiger partial charge in [0, 0.05) is 56.3 Å². The van der Waals surface area contributed by atoms with Gasteiger partial charge in [-0.15, -0.1) is 0 Å².